The first-order chi connectivity index (χ1) is 19.6. The van der Waals surface area contributed by atoms with Crippen molar-refractivity contribution >= 4 is 39.5 Å². The third kappa shape index (κ3) is 6.88. The van der Waals surface area contributed by atoms with E-state index in [9.17, 15) is 18.0 Å². The molecule has 11 heteroatoms. The average Bonchev–Trinajstić information content (AvgIpc) is 3.25. The molecule has 2 bridgehead atoms. The Kier molecular flexibility index (Phi) is 9.84. The maximum atomic E-state index is 14.0. The van der Waals surface area contributed by atoms with E-state index in [4.69, 9.17) is 4.74 Å². The lowest BCUT2D eigenvalue weighted by atomic mass is 9.69. The SMILES string of the molecule is CSCC[C@@H](NC(=O)OC(C)(C)C)C(=O)NC1CC2CCC1(CS(=O)(=O)N1CCN(c3ccccc3C)CC1)C2(C)C. The van der Waals surface area contributed by atoms with Gasteiger partial charge in [0.25, 0.3) is 0 Å². The van der Waals surface area contributed by atoms with Gasteiger partial charge in [-0.3, -0.25) is 4.79 Å². The third-order valence-electron chi connectivity index (χ3n) is 9.89. The van der Waals surface area contributed by atoms with Gasteiger partial charge in [0.05, 0.1) is 5.75 Å². The molecule has 1 aliphatic heterocycles. The van der Waals surface area contributed by atoms with Gasteiger partial charge in [0, 0.05) is 43.3 Å². The number of nitrogens with one attached hydrogen (secondary N) is 2. The number of piperazine rings is 1. The first-order valence-corrected chi connectivity index (χ1v) is 18.2. The lowest BCUT2D eigenvalue weighted by molar-refractivity contribution is -0.125. The minimum Gasteiger partial charge on any atom is -0.444 e. The number of carbonyl (C=O) groups excluding carboxylic acids is 2. The molecular formula is C31H50N4O5S2. The summed E-state index contributed by atoms with van der Waals surface area (Å²) >= 11 is 1.60. The fourth-order valence-electron chi connectivity index (χ4n) is 7.39. The van der Waals surface area contributed by atoms with Crippen LogP contribution in [0.25, 0.3) is 0 Å². The van der Waals surface area contributed by atoms with Crippen molar-refractivity contribution in [3.63, 3.8) is 0 Å². The standard InChI is InChI=1S/C31H50N4O5S2/c1-22-10-8-9-11-25(22)34-15-17-35(18-16-34)42(38,39)21-31-14-12-23(30(31,5)6)20-26(31)33-27(36)24(13-19-41-7)32-28(37)40-29(2,3)4/h8-11,23-24,26H,12-21H2,1-7H3,(H,32,37)(H,33,36)/t23?,24-,26?,31?/m1/s1. The predicted octanol–water partition coefficient (Wildman–Crippen LogP) is 4.40. The van der Waals surface area contributed by atoms with E-state index >= 15 is 0 Å². The highest BCUT2D eigenvalue weighted by Gasteiger charge is 2.66. The maximum Gasteiger partial charge on any atom is 0.408 e. The number of anilines is 1. The first-order valence-electron chi connectivity index (χ1n) is 15.2. The number of amides is 2. The zero-order valence-electron chi connectivity index (χ0n) is 26.4. The second-order valence-electron chi connectivity index (χ2n) is 13.8. The van der Waals surface area contributed by atoms with E-state index in [0.29, 0.717) is 44.3 Å². The van der Waals surface area contributed by atoms with Gasteiger partial charge in [-0.15, -0.1) is 0 Å². The fraction of sp³-hybridized carbons (Fsp3) is 0.742. The fourth-order valence-corrected chi connectivity index (χ4v) is 10.1. The van der Waals surface area contributed by atoms with Crippen molar-refractivity contribution in [3.05, 3.63) is 29.8 Å². The Labute approximate surface area is 256 Å². The van der Waals surface area contributed by atoms with Crippen molar-refractivity contribution in [1.29, 1.82) is 0 Å². The number of hydrogen-bond donors (Lipinski definition) is 2. The van der Waals surface area contributed by atoms with E-state index < -0.39 is 33.2 Å². The molecule has 0 spiro atoms. The number of para-hydroxylation sites is 1. The first kappa shape index (κ1) is 32.9. The highest BCUT2D eigenvalue weighted by atomic mass is 32.2. The summed E-state index contributed by atoms with van der Waals surface area (Å²) in [4.78, 5) is 28.5. The van der Waals surface area contributed by atoms with Crippen LogP contribution < -0.4 is 15.5 Å². The number of rotatable bonds is 10. The zero-order chi connectivity index (χ0) is 30.9. The second kappa shape index (κ2) is 12.6. The van der Waals surface area contributed by atoms with Crippen LogP contribution in [0.5, 0.6) is 0 Å². The summed E-state index contributed by atoms with van der Waals surface area (Å²) in [6.45, 7) is 14.0. The molecule has 3 unspecified atom stereocenters. The molecule has 3 fully saturated rings. The van der Waals surface area contributed by atoms with Gasteiger partial charge in [-0.05, 0) is 88.3 Å². The van der Waals surface area contributed by atoms with E-state index in [1.165, 1.54) is 5.56 Å². The number of benzene rings is 1. The van der Waals surface area contributed by atoms with E-state index in [0.717, 1.165) is 24.9 Å². The minimum absolute atomic E-state index is 0.0216. The number of thioether (sulfide) groups is 1. The third-order valence-corrected chi connectivity index (χ3v) is 12.6. The Morgan fingerprint density at radius 3 is 2.40 bits per heavy atom. The molecule has 3 aliphatic rings. The summed E-state index contributed by atoms with van der Waals surface area (Å²) in [5, 5.41) is 6.00. The molecule has 2 amide bonds. The van der Waals surface area contributed by atoms with E-state index in [2.05, 4.69) is 48.4 Å². The van der Waals surface area contributed by atoms with Crippen LogP contribution in [0.1, 0.15) is 65.9 Å². The van der Waals surface area contributed by atoms with Gasteiger partial charge < -0.3 is 20.3 Å². The number of hydrogen-bond acceptors (Lipinski definition) is 7. The van der Waals surface area contributed by atoms with Crippen LogP contribution in [-0.2, 0) is 19.6 Å². The van der Waals surface area contributed by atoms with Crippen LogP contribution in [0.4, 0.5) is 10.5 Å². The largest absolute Gasteiger partial charge is 0.444 e. The molecule has 42 heavy (non-hydrogen) atoms. The summed E-state index contributed by atoms with van der Waals surface area (Å²) in [6, 6.07) is 7.18. The van der Waals surface area contributed by atoms with Crippen molar-refractivity contribution in [1.82, 2.24) is 14.9 Å². The molecule has 1 aromatic rings. The number of ether oxygens (including phenoxy) is 1. The summed E-state index contributed by atoms with van der Waals surface area (Å²) < 4.78 is 35.1. The lowest BCUT2D eigenvalue weighted by Crippen LogP contribution is -2.58. The Bertz CT molecular complexity index is 1240. The summed E-state index contributed by atoms with van der Waals surface area (Å²) in [5.41, 5.74) is 0.850. The van der Waals surface area contributed by atoms with Crippen LogP contribution in [0.15, 0.2) is 24.3 Å². The summed E-state index contributed by atoms with van der Waals surface area (Å²) in [5.74, 6) is 0.778. The molecule has 2 aliphatic carbocycles. The van der Waals surface area contributed by atoms with Gasteiger partial charge in [0.1, 0.15) is 11.6 Å². The highest BCUT2D eigenvalue weighted by Crippen LogP contribution is 2.66. The summed E-state index contributed by atoms with van der Waals surface area (Å²) in [6.07, 6.45) is 4.26. The second-order valence-corrected chi connectivity index (χ2v) is 16.8. The van der Waals surface area contributed by atoms with Crippen LogP contribution in [0.3, 0.4) is 0 Å². The number of sulfonamides is 1. The molecule has 0 aromatic heterocycles. The lowest BCUT2D eigenvalue weighted by Gasteiger charge is -2.44. The highest BCUT2D eigenvalue weighted by molar-refractivity contribution is 7.98. The van der Waals surface area contributed by atoms with Gasteiger partial charge in [-0.1, -0.05) is 32.0 Å². The molecule has 2 N–H and O–H groups in total. The van der Waals surface area contributed by atoms with Crippen molar-refractivity contribution in [2.45, 2.75) is 84.9 Å². The Hall–Kier alpha value is -1.98. The van der Waals surface area contributed by atoms with Gasteiger partial charge >= 0.3 is 6.09 Å². The number of alkyl carbamates (subject to hydrolysis) is 1. The normalized spacial score (nSPS) is 26.6. The molecule has 236 valence electrons. The van der Waals surface area contributed by atoms with Gasteiger partial charge in [0.2, 0.25) is 15.9 Å². The number of fused-ring (bicyclic) bond motifs is 2. The Balaban J connectivity index is 1.48. The molecule has 1 saturated heterocycles. The average molecular weight is 623 g/mol. The molecule has 2 saturated carbocycles. The van der Waals surface area contributed by atoms with Gasteiger partial charge in [0.15, 0.2) is 0 Å². The molecule has 9 nitrogen and oxygen atoms in total. The van der Waals surface area contributed by atoms with Gasteiger partial charge in [-0.25, -0.2) is 13.2 Å². The smallest absolute Gasteiger partial charge is 0.408 e. The number of carbonyl (C=O) groups is 2. The minimum atomic E-state index is -3.58. The molecular weight excluding hydrogens is 572 g/mol. The Morgan fingerprint density at radius 2 is 1.81 bits per heavy atom. The number of nitrogens with zero attached hydrogens (tertiary/aromatic N) is 2. The van der Waals surface area contributed by atoms with Crippen LogP contribution in [-0.4, -0.2) is 86.3 Å². The van der Waals surface area contributed by atoms with Gasteiger partial charge in [-0.2, -0.15) is 16.1 Å². The predicted molar refractivity (Wildman–Crippen MR) is 170 cm³/mol. The van der Waals surface area contributed by atoms with Crippen molar-refractivity contribution < 1.29 is 22.7 Å². The number of aryl methyl sites for hydroxylation is 1. The maximum absolute atomic E-state index is 14.0. The molecule has 4 rings (SSSR count). The zero-order valence-corrected chi connectivity index (χ0v) is 28.0. The molecule has 0 radical (unpaired) electrons. The van der Waals surface area contributed by atoms with E-state index in [1.54, 1.807) is 36.8 Å². The van der Waals surface area contributed by atoms with Crippen molar-refractivity contribution in [2.75, 3.05) is 48.8 Å². The van der Waals surface area contributed by atoms with Crippen molar-refractivity contribution in [2.24, 2.45) is 16.7 Å². The summed E-state index contributed by atoms with van der Waals surface area (Å²) in [7, 11) is -3.58. The molecule has 4 atom stereocenters. The van der Waals surface area contributed by atoms with Crippen LogP contribution in [0, 0.1) is 23.7 Å². The Morgan fingerprint density at radius 1 is 1.14 bits per heavy atom. The quantitative estimate of drug-likeness (QED) is 0.398. The topological polar surface area (TPSA) is 108 Å². The van der Waals surface area contributed by atoms with Crippen molar-refractivity contribution in [3.8, 4) is 0 Å². The molecule has 1 heterocycles. The monoisotopic (exact) mass is 622 g/mol. The van der Waals surface area contributed by atoms with E-state index in [1.807, 2.05) is 18.4 Å². The molecule has 1 aromatic carbocycles. The van der Waals surface area contributed by atoms with E-state index in [-0.39, 0.29) is 23.1 Å². The van der Waals surface area contributed by atoms with Crippen LogP contribution in [0.2, 0.25) is 0 Å². The van der Waals surface area contributed by atoms with Crippen LogP contribution >= 0.6 is 11.8 Å².